The highest BCUT2D eigenvalue weighted by atomic mass is 16.5. The van der Waals surface area contributed by atoms with Crippen molar-refractivity contribution >= 4 is 22.6 Å². The molecule has 0 aliphatic rings. The van der Waals surface area contributed by atoms with Crippen molar-refractivity contribution in [3.63, 3.8) is 0 Å². The maximum Gasteiger partial charge on any atom is 0.407 e. The van der Waals surface area contributed by atoms with E-state index in [4.69, 9.17) is 9.72 Å². The van der Waals surface area contributed by atoms with Gasteiger partial charge in [0.25, 0.3) is 0 Å². The van der Waals surface area contributed by atoms with Gasteiger partial charge in [-0.2, -0.15) is 5.10 Å². The van der Waals surface area contributed by atoms with Crippen LogP contribution in [0.4, 0.5) is 4.79 Å². The number of amides is 1. The number of ether oxygens (including phenoxy) is 1. The number of fused-ring (bicyclic) bond motifs is 3. The highest BCUT2D eigenvalue weighted by molar-refractivity contribution is 5.91. The molecule has 0 saturated carbocycles. The first-order chi connectivity index (χ1) is 11.2. The molecule has 2 heterocycles. The summed E-state index contributed by atoms with van der Waals surface area (Å²) >= 11 is 0. The largest absolute Gasteiger partial charge is 0.450 e. The maximum absolute atomic E-state index is 11.2. The lowest BCUT2D eigenvalue weighted by molar-refractivity contribution is 0.152. The summed E-state index contributed by atoms with van der Waals surface area (Å²) in [5, 5.41) is 8.35. The molecule has 6 nitrogen and oxygen atoms in total. The number of benzene rings is 1. The Hall–Kier alpha value is -2.63. The number of hydrogen-bond acceptors (Lipinski definition) is 4. The van der Waals surface area contributed by atoms with Crippen molar-refractivity contribution < 1.29 is 9.53 Å². The molecular formula is C17H20N4O2. The third kappa shape index (κ3) is 3.26. The van der Waals surface area contributed by atoms with E-state index < -0.39 is 0 Å². The fourth-order valence-electron chi connectivity index (χ4n) is 2.61. The quantitative estimate of drug-likeness (QED) is 0.736. The minimum Gasteiger partial charge on any atom is -0.450 e. The summed E-state index contributed by atoms with van der Waals surface area (Å²) < 4.78 is 6.67. The summed E-state index contributed by atoms with van der Waals surface area (Å²) in [5.41, 5.74) is 3.96. The van der Waals surface area contributed by atoms with E-state index >= 15 is 0 Å². The molecule has 0 unspecified atom stereocenters. The van der Waals surface area contributed by atoms with Gasteiger partial charge in [-0.05, 0) is 44.4 Å². The van der Waals surface area contributed by atoms with Gasteiger partial charge in [0.1, 0.15) is 0 Å². The lowest BCUT2D eigenvalue weighted by Crippen LogP contribution is -2.25. The van der Waals surface area contributed by atoms with E-state index in [1.54, 1.807) is 6.92 Å². The Bertz CT molecular complexity index is 841. The molecule has 0 radical (unpaired) electrons. The van der Waals surface area contributed by atoms with Gasteiger partial charge in [0.05, 0.1) is 12.1 Å². The fourth-order valence-corrected chi connectivity index (χ4v) is 2.61. The zero-order valence-electron chi connectivity index (χ0n) is 13.4. The number of aryl methyl sites for hydroxylation is 2. The Balaban J connectivity index is 1.73. The molecule has 0 fully saturated rings. The Morgan fingerprint density at radius 3 is 3.00 bits per heavy atom. The molecule has 6 heteroatoms. The number of rotatable bonds is 5. The molecule has 2 aromatic heterocycles. The smallest absolute Gasteiger partial charge is 0.407 e. The average molecular weight is 312 g/mol. The van der Waals surface area contributed by atoms with Crippen LogP contribution in [0.3, 0.4) is 0 Å². The maximum atomic E-state index is 11.2. The van der Waals surface area contributed by atoms with Crippen molar-refractivity contribution in [3.8, 4) is 0 Å². The first-order valence-electron chi connectivity index (χ1n) is 7.83. The summed E-state index contributed by atoms with van der Waals surface area (Å²) in [7, 11) is 0. The summed E-state index contributed by atoms with van der Waals surface area (Å²) in [6.07, 6.45) is 3.32. The third-order valence-corrected chi connectivity index (χ3v) is 3.76. The van der Waals surface area contributed by atoms with Crippen molar-refractivity contribution in [2.75, 3.05) is 13.2 Å². The van der Waals surface area contributed by atoms with Crippen LogP contribution in [0, 0.1) is 6.92 Å². The van der Waals surface area contributed by atoms with Crippen molar-refractivity contribution in [1.29, 1.82) is 0 Å². The van der Waals surface area contributed by atoms with Gasteiger partial charge in [0.2, 0.25) is 0 Å². The summed E-state index contributed by atoms with van der Waals surface area (Å²) in [5.74, 6) is 0. The zero-order valence-corrected chi connectivity index (χ0v) is 13.4. The van der Waals surface area contributed by atoms with Gasteiger partial charge in [0, 0.05) is 23.8 Å². The minimum absolute atomic E-state index is 0.365. The second-order valence-electron chi connectivity index (χ2n) is 5.39. The number of aromatic nitrogens is 3. The predicted octanol–water partition coefficient (Wildman–Crippen LogP) is 2.87. The zero-order chi connectivity index (χ0) is 16.2. The van der Waals surface area contributed by atoms with E-state index in [2.05, 4.69) is 10.4 Å². The number of alkyl carbamates (subject to hydrolysis) is 1. The van der Waals surface area contributed by atoms with Crippen molar-refractivity contribution in [3.05, 3.63) is 41.7 Å². The van der Waals surface area contributed by atoms with Gasteiger partial charge in [-0.25, -0.2) is 14.3 Å². The molecule has 120 valence electrons. The first-order valence-corrected chi connectivity index (χ1v) is 7.83. The monoisotopic (exact) mass is 312 g/mol. The lowest BCUT2D eigenvalue weighted by Gasteiger charge is -2.07. The number of carbonyl (C=O) groups excluding carboxylic acids is 1. The molecular weight excluding hydrogens is 292 g/mol. The summed E-state index contributed by atoms with van der Waals surface area (Å²) in [6.45, 7) is 4.77. The van der Waals surface area contributed by atoms with Gasteiger partial charge in [-0.3, -0.25) is 0 Å². The Kier molecular flexibility index (Phi) is 4.41. The second-order valence-corrected chi connectivity index (χ2v) is 5.39. The summed E-state index contributed by atoms with van der Waals surface area (Å²) in [6, 6.07) is 7.99. The molecule has 3 rings (SSSR count). The van der Waals surface area contributed by atoms with Gasteiger partial charge in [0.15, 0.2) is 5.65 Å². The Morgan fingerprint density at radius 2 is 2.17 bits per heavy atom. The van der Waals surface area contributed by atoms with Crippen LogP contribution < -0.4 is 5.32 Å². The second kappa shape index (κ2) is 6.64. The van der Waals surface area contributed by atoms with Crippen molar-refractivity contribution in [1.82, 2.24) is 19.9 Å². The van der Waals surface area contributed by atoms with E-state index in [1.165, 1.54) is 0 Å². The molecule has 23 heavy (non-hydrogen) atoms. The van der Waals surface area contributed by atoms with Crippen molar-refractivity contribution in [2.24, 2.45) is 0 Å². The molecule has 0 atom stereocenters. The van der Waals surface area contributed by atoms with E-state index in [-0.39, 0.29) is 6.09 Å². The van der Waals surface area contributed by atoms with E-state index in [9.17, 15) is 4.79 Å². The highest BCUT2D eigenvalue weighted by Gasteiger charge is 2.09. The van der Waals surface area contributed by atoms with Crippen LogP contribution in [0.5, 0.6) is 0 Å². The van der Waals surface area contributed by atoms with Crippen LogP contribution in [0.1, 0.15) is 24.6 Å². The highest BCUT2D eigenvalue weighted by Crippen LogP contribution is 2.19. The van der Waals surface area contributed by atoms with E-state index in [1.807, 2.05) is 41.9 Å². The molecule has 0 spiro atoms. The SMILES string of the molecule is CCOC(=O)NCCCc1cn2nc3ccccc3c2nc1C. The number of carbonyl (C=O) groups is 1. The lowest BCUT2D eigenvalue weighted by atomic mass is 10.1. The molecule has 1 amide bonds. The first kappa shape index (κ1) is 15.3. The van der Waals surface area contributed by atoms with Crippen LogP contribution >= 0.6 is 0 Å². The van der Waals surface area contributed by atoms with Crippen LogP contribution in [0.15, 0.2) is 30.5 Å². The number of hydrogen-bond donors (Lipinski definition) is 1. The number of nitrogens with one attached hydrogen (secondary N) is 1. The molecule has 0 saturated heterocycles. The molecule has 1 aromatic carbocycles. The minimum atomic E-state index is -0.365. The predicted molar refractivity (Wildman–Crippen MR) is 88.6 cm³/mol. The van der Waals surface area contributed by atoms with Gasteiger partial charge in [-0.1, -0.05) is 12.1 Å². The van der Waals surface area contributed by atoms with E-state index in [0.29, 0.717) is 13.2 Å². The van der Waals surface area contributed by atoms with E-state index in [0.717, 1.165) is 40.6 Å². The van der Waals surface area contributed by atoms with Crippen LogP contribution in [-0.4, -0.2) is 33.8 Å². The molecule has 3 aromatic rings. The van der Waals surface area contributed by atoms with Crippen molar-refractivity contribution in [2.45, 2.75) is 26.7 Å². The standard InChI is InChI=1S/C17H20N4O2/c1-3-23-17(22)18-10-6-7-13-11-21-16(19-12(13)2)14-8-4-5-9-15(14)20-21/h4-5,8-9,11H,3,6-7,10H2,1-2H3,(H,18,22). The fraction of sp³-hybridized carbons (Fsp3) is 0.353. The van der Waals surface area contributed by atoms with Crippen LogP contribution in [0.25, 0.3) is 16.6 Å². The molecule has 0 aliphatic heterocycles. The Labute approximate surface area is 134 Å². The Morgan fingerprint density at radius 1 is 1.35 bits per heavy atom. The van der Waals surface area contributed by atoms with Gasteiger partial charge >= 0.3 is 6.09 Å². The normalized spacial score (nSPS) is 11.0. The third-order valence-electron chi connectivity index (χ3n) is 3.76. The number of nitrogens with zero attached hydrogens (tertiary/aromatic N) is 3. The van der Waals surface area contributed by atoms with Crippen LogP contribution in [0.2, 0.25) is 0 Å². The molecule has 0 aliphatic carbocycles. The topological polar surface area (TPSA) is 68.5 Å². The molecule has 0 bridgehead atoms. The van der Waals surface area contributed by atoms with Gasteiger partial charge < -0.3 is 10.1 Å². The van der Waals surface area contributed by atoms with Gasteiger partial charge in [-0.15, -0.1) is 0 Å². The molecule has 1 N–H and O–H groups in total. The summed E-state index contributed by atoms with van der Waals surface area (Å²) in [4.78, 5) is 15.9. The van der Waals surface area contributed by atoms with Crippen LogP contribution in [-0.2, 0) is 11.2 Å². The average Bonchev–Trinajstić information content (AvgIpc) is 2.89.